The molecule has 3 N–H and O–H groups in total. The van der Waals surface area contributed by atoms with Crippen molar-refractivity contribution in [1.29, 1.82) is 0 Å². The van der Waals surface area contributed by atoms with Crippen molar-refractivity contribution < 1.29 is 9.90 Å². The van der Waals surface area contributed by atoms with Crippen LogP contribution in [0.3, 0.4) is 0 Å². The summed E-state index contributed by atoms with van der Waals surface area (Å²) in [4.78, 5) is 19.3. The highest BCUT2D eigenvalue weighted by Gasteiger charge is 2.27. The van der Waals surface area contributed by atoms with E-state index in [9.17, 15) is 9.90 Å². The molecule has 2 aliphatic heterocycles. The lowest BCUT2D eigenvalue weighted by molar-refractivity contribution is -0.117. The Morgan fingerprint density at radius 2 is 2.00 bits per heavy atom. The molecule has 0 saturated carbocycles. The Labute approximate surface area is 163 Å². The first kappa shape index (κ1) is 18.6. The molecule has 0 aromatic carbocycles. The van der Waals surface area contributed by atoms with Crippen molar-refractivity contribution in [3.8, 4) is 0 Å². The average Bonchev–Trinajstić information content (AvgIpc) is 3.40. The van der Waals surface area contributed by atoms with Crippen molar-refractivity contribution in [3.63, 3.8) is 0 Å². The minimum absolute atomic E-state index is 0.0218. The van der Waals surface area contributed by atoms with E-state index in [0.717, 1.165) is 55.2 Å². The minimum atomic E-state index is -0.608. The predicted molar refractivity (Wildman–Crippen MR) is 107 cm³/mol. The van der Waals surface area contributed by atoms with Gasteiger partial charge in [-0.2, -0.15) is 0 Å². The van der Waals surface area contributed by atoms with E-state index in [0.29, 0.717) is 5.92 Å². The van der Waals surface area contributed by atoms with Crippen LogP contribution >= 0.6 is 11.3 Å². The van der Waals surface area contributed by atoms with Gasteiger partial charge in [-0.3, -0.25) is 14.7 Å². The van der Waals surface area contributed by atoms with Crippen LogP contribution in [-0.2, 0) is 4.79 Å². The van der Waals surface area contributed by atoms with Crippen molar-refractivity contribution in [2.24, 2.45) is 0 Å². The maximum Gasteiger partial charge on any atom is 0.242 e. The van der Waals surface area contributed by atoms with Gasteiger partial charge in [0.2, 0.25) is 5.91 Å². The van der Waals surface area contributed by atoms with E-state index in [1.807, 2.05) is 24.5 Å². The molecule has 4 rings (SSSR count). The van der Waals surface area contributed by atoms with E-state index in [4.69, 9.17) is 0 Å². The molecule has 0 radical (unpaired) electrons. The molecule has 27 heavy (non-hydrogen) atoms. The van der Waals surface area contributed by atoms with E-state index in [1.165, 1.54) is 16.9 Å². The van der Waals surface area contributed by atoms with E-state index in [-0.39, 0.29) is 11.9 Å². The van der Waals surface area contributed by atoms with Crippen molar-refractivity contribution >= 4 is 22.2 Å². The molecule has 2 saturated heterocycles. The average molecular weight is 387 g/mol. The summed E-state index contributed by atoms with van der Waals surface area (Å²) >= 11 is 1.46. The monoisotopic (exact) mass is 386 g/mol. The SMILES string of the molecule is O=C(Nc1ccc(C(O)N2CCC(c3ccncc3)CC2)s1)[C@@H]1CCCN1. The maximum atomic E-state index is 12.2. The Morgan fingerprint density at radius 1 is 1.22 bits per heavy atom. The molecule has 1 unspecified atom stereocenters. The van der Waals surface area contributed by atoms with Gasteiger partial charge in [0.15, 0.2) is 0 Å². The minimum Gasteiger partial charge on any atom is -0.373 e. The number of aromatic nitrogens is 1. The first-order valence-electron chi connectivity index (χ1n) is 9.67. The highest BCUT2D eigenvalue weighted by molar-refractivity contribution is 7.16. The molecule has 0 bridgehead atoms. The van der Waals surface area contributed by atoms with E-state index in [2.05, 4.69) is 32.7 Å². The van der Waals surface area contributed by atoms with Crippen LogP contribution in [0, 0.1) is 0 Å². The van der Waals surface area contributed by atoms with Crippen molar-refractivity contribution in [2.45, 2.75) is 43.9 Å². The quantitative estimate of drug-likeness (QED) is 0.737. The molecular weight excluding hydrogens is 360 g/mol. The van der Waals surface area contributed by atoms with Gasteiger partial charge in [-0.15, -0.1) is 11.3 Å². The third-order valence-electron chi connectivity index (χ3n) is 5.56. The molecule has 2 aliphatic rings. The number of hydrogen-bond acceptors (Lipinski definition) is 6. The number of carbonyl (C=O) groups excluding carboxylic acids is 1. The van der Waals surface area contributed by atoms with Crippen LogP contribution < -0.4 is 10.6 Å². The van der Waals surface area contributed by atoms with Gasteiger partial charge < -0.3 is 15.7 Å². The van der Waals surface area contributed by atoms with Gasteiger partial charge in [0, 0.05) is 25.5 Å². The third-order valence-corrected chi connectivity index (χ3v) is 6.60. The van der Waals surface area contributed by atoms with E-state index < -0.39 is 6.23 Å². The van der Waals surface area contributed by atoms with Gasteiger partial charge in [-0.05, 0) is 68.0 Å². The first-order chi connectivity index (χ1) is 13.2. The summed E-state index contributed by atoms with van der Waals surface area (Å²) < 4.78 is 0. The Kier molecular flexibility index (Phi) is 5.83. The zero-order valence-corrected chi connectivity index (χ0v) is 16.1. The molecule has 2 aromatic rings. The van der Waals surface area contributed by atoms with Gasteiger partial charge >= 0.3 is 0 Å². The smallest absolute Gasteiger partial charge is 0.242 e. The number of rotatable bonds is 5. The van der Waals surface area contributed by atoms with Crippen LogP contribution in [0.5, 0.6) is 0 Å². The molecule has 2 atom stereocenters. The third kappa shape index (κ3) is 4.38. The lowest BCUT2D eigenvalue weighted by Gasteiger charge is -2.34. The highest BCUT2D eigenvalue weighted by atomic mass is 32.1. The molecule has 0 aliphatic carbocycles. The molecule has 1 amide bonds. The zero-order valence-electron chi connectivity index (χ0n) is 15.3. The molecular formula is C20H26N4O2S. The van der Waals surface area contributed by atoms with E-state index in [1.54, 1.807) is 0 Å². The summed E-state index contributed by atoms with van der Waals surface area (Å²) in [6.07, 6.45) is 7.08. The fourth-order valence-electron chi connectivity index (χ4n) is 3.97. The number of piperidine rings is 1. The van der Waals surface area contributed by atoms with Crippen molar-refractivity contribution in [1.82, 2.24) is 15.2 Å². The Morgan fingerprint density at radius 3 is 2.70 bits per heavy atom. The van der Waals surface area contributed by atoms with Gasteiger partial charge in [-0.25, -0.2) is 0 Å². The normalized spacial score (nSPS) is 22.6. The Hall–Kier alpha value is -1.80. The molecule has 6 nitrogen and oxygen atoms in total. The predicted octanol–water partition coefficient (Wildman–Crippen LogP) is 2.70. The Bertz CT molecular complexity index is 752. The number of nitrogens with one attached hydrogen (secondary N) is 2. The highest BCUT2D eigenvalue weighted by Crippen LogP contribution is 2.34. The molecule has 7 heteroatoms. The number of pyridine rings is 1. The zero-order chi connectivity index (χ0) is 18.6. The van der Waals surface area contributed by atoms with Gasteiger partial charge in [-0.1, -0.05) is 0 Å². The first-order valence-corrected chi connectivity index (χ1v) is 10.5. The van der Waals surface area contributed by atoms with Crippen LogP contribution in [0.1, 0.15) is 48.3 Å². The maximum absolute atomic E-state index is 12.2. The number of thiophene rings is 1. The van der Waals surface area contributed by atoms with Crippen molar-refractivity contribution in [2.75, 3.05) is 25.0 Å². The largest absolute Gasteiger partial charge is 0.373 e. The van der Waals surface area contributed by atoms with E-state index >= 15 is 0 Å². The second kappa shape index (κ2) is 8.48. The number of anilines is 1. The van der Waals surface area contributed by atoms with Gasteiger partial charge in [0.1, 0.15) is 6.23 Å². The summed E-state index contributed by atoms with van der Waals surface area (Å²) in [6, 6.07) is 7.89. The van der Waals surface area contributed by atoms with Crippen LogP contribution in [0.15, 0.2) is 36.7 Å². The molecule has 0 spiro atoms. The number of amides is 1. The second-order valence-corrected chi connectivity index (χ2v) is 8.42. The second-order valence-electron chi connectivity index (χ2n) is 7.30. The lowest BCUT2D eigenvalue weighted by Crippen LogP contribution is -2.36. The summed E-state index contributed by atoms with van der Waals surface area (Å²) in [7, 11) is 0. The number of aliphatic hydroxyl groups excluding tert-OH is 1. The number of aliphatic hydroxyl groups is 1. The lowest BCUT2D eigenvalue weighted by atomic mass is 9.90. The Balaban J connectivity index is 1.32. The van der Waals surface area contributed by atoms with Crippen molar-refractivity contribution in [3.05, 3.63) is 47.1 Å². The fourth-order valence-corrected chi connectivity index (χ4v) is 4.90. The summed E-state index contributed by atoms with van der Waals surface area (Å²) in [5, 5.41) is 17.7. The van der Waals surface area contributed by atoms with Gasteiger partial charge in [0.05, 0.1) is 15.9 Å². The topological polar surface area (TPSA) is 77.5 Å². The standard InChI is InChI=1S/C20H26N4O2S/c25-19(16-2-1-9-22-16)23-18-4-3-17(27-18)20(26)24-12-7-15(8-13-24)14-5-10-21-11-6-14/h3-6,10-11,15-16,20,22,26H,1-2,7-9,12-13H2,(H,23,25)/t16-,20?/m0/s1. The van der Waals surface area contributed by atoms with Crippen LogP contribution in [-0.4, -0.2) is 46.6 Å². The van der Waals surface area contributed by atoms with Crippen LogP contribution in [0.25, 0.3) is 0 Å². The van der Waals surface area contributed by atoms with Crippen LogP contribution in [0.2, 0.25) is 0 Å². The molecule has 2 fully saturated rings. The summed E-state index contributed by atoms with van der Waals surface area (Å²) in [5.41, 5.74) is 1.33. The summed E-state index contributed by atoms with van der Waals surface area (Å²) in [6.45, 7) is 2.63. The number of nitrogens with zero attached hydrogens (tertiary/aromatic N) is 2. The summed E-state index contributed by atoms with van der Waals surface area (Å²) in [5.74, 6) is 0.558. The number of likely N-dealkylation sites (tertiary alicyclic amines) is 1. The fraction of sp³-hybridized carbons (Fsp3) is 0.500. The van der Waals surface area contributed by atoms with Gasteiger partial charge in [0.25, 0.3) is 0 Å². The number of hydrogen-bond donors (Lipinski definition) is 3. The molecule has 4 heterocycles. The molecule has 144 valence electrons. The van der Waals surface area contributed by atoms with Crippen LogP contribution in [0.4, 0.5) is 5.00 Å². The molecule has 2 aromatic heterocycles. The number of carbonyl (C=O) groups is 1.